The van der Waals surface area contributed by atoms with Crippen molar-refractivity contribution in [3.63, 3.8) is 0 Å². The first-order valence-corrected chi connectivity index (χ1v) is 13.8. The van der Waals surface area contributed by atoms with Gasteiger partial charge in [-0.3, -0.25) is 14.5 Å². The van der Waals surface area contributed by atoms with E-state index in [9.17, 15) is 19.5 Å². The molecule has 5 rings (SSSR count). The first-order valence-electron chi connectivity index (χ1n) is 13.8. The molecule has 41 heavy (non-hydrogen) atoms. The van der Waals surface area contributed by atoms with Gasteiger partial charge in [0.05, 0.1) is 19.8 Å². The molecule has 1 aliphatic carbocycles. The standard InChI is InChI=1S/C24H29NO3.C9H8O4/c1-27-22-14-19-13-20(24(26)21(19)15-23(22)28-2)12-17-8-10-25(11-9-17)16-18-6-4-3-5-7-18;1-5(10)6-3-2-4-7(8(6)11)9(12)13/h3-7,14-15,17,20H,8-13,16H2,1-2H3;2-4,11H,1H3,(H,12,13). The normalized spacial score (nSPS) is 16.9. The van der Waals surface area contributed by atoms with E-state index in [-0.39, 0.29) is 28.6 Å². The molecule has 216 valence electrons. The van der Waals surface area contributed by atoms with Crippen LogP contribution < -0.4 is 9.47 Å². The molecule has 1 aliphatic heterocycles. The van der Waals surface area contributed by atoms with E-state index in [0.717, 1.165) is 43.6 Å². The Kier molecular flexibility index (Phi) is 9.78. The van der Waals surface area contributed by atoms with Crippen LogP contribution in [0.25, 0.3) is 0 Å². The predicted octanol–water partition coefficient (Wildman–Crippen LogP) is 5.65. The van der Waals surface area contributed by atoms with Crippen LogP contribution in [0.3, 0.4) is 0 Å². The molecule has 8 nitrogen and oxygen atoms in total. The van der Waals surface area contributed by atoms with Crippen molar-refractivity contribution in [3.8, 4) is 17.2 Å². The van der Waals surface area contributed by atoms with Crippen LogP contribution in [-0.4, -0.2) is 60.0 Å². The highest BCUT2D eigenvalue weighted by Gasteiger charge is 2.34. The second-order valence-electron chi connectivity index (χ2n) is 10.6. The van der Waals surface area contributed by atoms with Crippen molar-refractivity contribution in [3.05, 3.63) is 88.5 Å². The predicted molar refractivity (Wildman–Crippen MR) is 155 cm³/mol. The number of rotatable bonds is 8. The molecule has 1 heterocycles. The Morgan fingerprint density at radius 3 is 2.17 bits per heavy atom. The molecule has 0 saturated carbocycles. The highest BCUT2D eigenvalue weighted by Crippen LogP contribution is 2.39. The van der Waals surface area contributed by atoms with Gasteiger partial charge in [0.2, 0.25) is 0 Å². The number of Topliss-reactive ketones (excluding diaryl/α,β-unsaturated/α-hetero) is 2. The van der Waals surface area contributed by atoms with Gasteiger partial charge in [0.1, 0.15) is 11.3 Å². The summed E-state index contributed by atoms with van der Waals surface area (Å²) in [5.74, 6) is 0.302. The van der Waals surface area contributed by atoms with Crippen LogP contribution in [-0.2, 0) is 13.0 Å². The number of para-hydroxylation sites is 1. The van der Waals surface area contributed by atoms with Gasteiger partial charge in [-0.15, -0.1) is 0 Å². The number of carbonyl (C=O) groups excluding carboxylic acids is 2. The number of likely N-dealkylation sites (tertiary alicyclic amines) is 1. The number of ketones is 2. The lowest BCUT2D eigenvalue weighted by Crippen LogP contribution is -2.34. The summed E-state index contributed by atoms with van der Waals surface area (Å²) < 4.78 is 10.8. The van der Waals surface area contributed by atoms with Crippen LogP contribution in [0.5, 0.6) is 17.2 Å². The van der Waals surface area contributed by atoms with Crippen LogP contribution in [0.15, 0.2) is 60.7 Å². The molecule has 1 fully saturated rings. The maximum atomic E-state index is 12.9. The number of ether oxygens (including phenoxy) is 2. The van der Waals surface area contributed by atoms with Gasteiger partial charge in [-0.2, -0.15) is 0 Å². The van der Waals surface area contributed by atoms with E-state index >= 15 is 0 Å². The van der Waals surface area contributed by atoms with Crippen molar-refractivity contribution in [2.45, 2.75) is 39.2 Å². The van der Waals surface area contributed by atoms with Crippen molar-refractivity contribution >= 4 is 17.5 Å². The molecule has 2 aliphatic rings. The fourth-order valence-electron chi connectivity index (χ4n) is 5.71. The first kappa shape index (κ1) is 29.8. The molecule has 0 bridgehead atoms. The lowest BCUT2D eigenvalue weighted by molar-refractivity contribution is 0.0693. The number of aromatic carboxylic acids is 1. The third-order valence-corrected chi connectivity index (χ3v) is 7.93. The summed E-state index contributed by atoms with van der Waals surface area (Å²) in [6.07, 6.45) is 4.19. The van der Waals surface area contributed by atoms with Gasteiger partial charge in [-0.1, -0.05) is 36.4 Å². The van der Waals surface area contributed by atoms with E-state index < -0.39 is 11.7 Å². The molecule has 1 saturated heterocycles. The third-order valence-electron chi connectivity index (χ3n) is 7.93. The molecule has 8 heteroatoms. The monoisotopic (exact) mass is 559 g/mol. The van der Waals surface area contributed by atoms with Crippen LogP contribution in [0.2, 0.25) is 0 Å². The van der Waals surface area contributed by atoms with Gasteiger partial charge in [-0.05, 0) is 87.0 Å². The topological polar surface area (TPSA) is 113 Å². The van der Waals surface area contributed by atoms with Gasteiger partial charge in [0, 0.05) is 18.0 Å². The summed E-state index contributed by atoms with van der Waals surface area (Å²) in [5, 5.41) is 17.9. The molecule has 1 atom stereocenters. The fraction of sp³-hybridized carbons (Fsp3) is 0.364. The van der Waals surface area contributed by atoms with E-state index in [1.54, 1.807) is 14.2 Å². The smallest absolute Gasteiger partial charge is 0.339 e. The van der Waals surface area contributed by atoms with E-state index in [4.69, 9.17) is 14.6 Å². The van der Waals surface area contributed by atoms with Gasteiger partial charge in [-0.25, -0.2) is 4.79 Å². The summed E-state index contributed by atoms with van der Waals surface area (Å²) in [7, 11) is 3.26. The van der Waals surface area contributed by atoms with Crippen molar-refractivity contribution < 1.29 is 34.1 Å². The highest BCUT2D eigenvalue weighted by molar-refractivity contribution is 6.03. The Morgan fingerprint density at radius 2 is 1.56 bits per heavy atom. The van der Waals surface area contributed by atoms with Crippen LogP contribution >= 0.6 is 0 Å². The number of nitrogens with zero attached hydrogens (tertiary/aromatic N) is 1. The number of carbonyl (C=O) groups is 3. The minimum absolute atomic E-state index is 0.0277. The van der Waals surface area contributed by atoms with Crippen LogP contribution in [0.1, 0.15) is 68.4 Å². The highest BCUT2D eigenvalue weighted by atomic mass is 16.5. The summed E-state index contributed by atoms with van der Waals surface area (Å²) in [5.41, 5.74) is 3.08. The molecule has 3 aromatic rings. The second-order valence-corrected chi connectivity index (χ2v) is 10.6. The Balaban J connectivity index is 0.000000251. The third kappa shape index (κ3) is 7.13. The molecule has 0 spiro atoms. The Hall–Kier alpha value is -4.17. The maximum Gasteiger partial charge on any atom is 0.339 e. The number of carboxylic acid groups (broad SMARTS) is 1. The molecule has 3 aromatic carbocycles. The van der Waals surface area contributed by atoms with Crippen molar-refractivity contribution in [1.82, 2.24) is 4.90 Å². The zero-order valence-corrected chi connectivity index (χ0v) is 23.8. The van der Waals surface area contributed by atoms with Crippen LogP contribution in [0.4, 0.5) is 0 Å². The summed E-state index contributed by atoms with van der Waals surface area (Å²) >= 11 is 0. The number of fused-ring (bicyclic) bond motifs is 1. The lowest BCUT2D eigenvalue weighted by atomic mass is 9.85. The first-order chi connectivity index (χ1) is 19.7. The number of hydrogen-bond donors (Lipinski definition) is 2. The second kappa shape index (κ2) is 13.5. The molecular formula is C33H37NO7. The number of methoxy groups -OCH3 is 2. The number of benzene rings is 3. The summed E-state index contributed by atoms with van der Waals surface area (Å²) in [6, 6.07) is 18.6. The van der Waals surface area contributed by atoms with E-state index in [0.29, 0.717) is 17.4 Å². The number of aromatic hydroxyl groups is 1. The molecule has 0 aromatic heterocycles. The van der Waals surface area contributed by atoms with Gasteiger partial charge < -0.3 is 19.7 Å². The minimum Gasteiger partial charge on any atom is -0.506 e. The van der Waals surface area contributed by atoms with Gasteiger partial charge in [0.25, 0.3) is 0 Å². The fourth-order valence-corrected chi connectivity index (χ4v) is 5.71. The zero-order chi connectivity index (χ0) is 29.5. The Bertz CT molecular complexity index is 1360. The molecule has 0 radical (unpaired) electrons. The zero-order valence-electron chi connectivity index (χ0n) is 23.8. The summed E-state index contributed by atoms with van der Waals surface area (Å²) in [4.78, 5) is 36.9. The quantitative estimate of drug-likeness (QED) is 0.340. The molecular weight excluding hydrogens is 522 g/mol. The number of hydrogen-bond acceptors (Lipinski definition) is 7. The minimum atomic E-state index is -1.25. The summed E-state index contributed by atoms with van der Waals surface area (Å²) in [6.45, 7) is 4.53. The number of carboxylic acids is 1. The average Bonchev–Trinajstić information content (AvgIpc) is 3.27. The van der Waals surface area contributed by atoms with Crippen LogP contribution in [0, 0.1) is 11.8 Å². The van der Waals surface area contributed by atoms with Crippen molar-refractivity contribution in [2.75, 3.05) is 27.3 Å². The lowest BCUT2D eigenvalue weighted by Gasteiger charge is -2.32. The Morgan fingerprint density at radius 1 is 0.927 bits per heavy atom. The van der Waals surface area contributed by atoms with Crippen molar-refractivity contribution in [1.29, 1.82) is 0 Å². The average molecular weight is 560 g/mol. The van der Waals surface area contributed by atoms with E-state index in [1.165, 1.54) is 43.5 Å². The van der Waals surface area contributed by atoms with Gasteiger partial charge >= 0.3 is 5.97 Å². The Labute approximate surface area is 240 Å². The molecule has 0 amide bonds. The SMILES string of the molecule is CC(=O)c1cccc(C(=O)O)c1O.COc1cc2c(cc1OC)C(=O)C(CC1CCN(Cc3ccccc3)CC1)C2. The molecule has 2 N–H and O–H groups in total. The number of piperidine rings is 1. The maximum absolute atomic E-state index is 12.9. The van der Waals surface area contributed by atoms with Gasteiger partial charge in [0.15, 0.2) is 23.1 Å². The largest absolute Gasteiger partial charge is 0.506 e. The van der Waals surface area contributed by atoms with Crippen molar-refractivity contribution in [2.24, 2.45) is 11.8 Å². The van der Waals surface area contributed by atoms with E-state index in [1.807, 2.05) is 12.1 Å². The van der Waals surface area contributed by atoms with E-state index in [2.05, 4.69) is 35.2 Å². The molecule has 1 unspecified atom stereocenters. The number of phenols is 1.